The number of benzene rings is 1. The number of aryl methyl sites for hydroxylation is 1. The molecule has 1 unspecified atom stereocenters. The highest BCUT2D eigenvalue weighted by Crippen LogP contribution is 2.20. The molecule has 0 spiro atoms. The van der Waals surface area contributed by atoms with E-state index in [2.05, 4.69) is 20.6 Å². The lowest BCUT2D eigenvalue weighted by Gasteiger charge is -2.16. The van der Waals surface area contributed by atoms with Crippen molar-refractivity contribution in [1.29, 1.82) is 0 Å². The number of nitrogens with zero attached hydrogens (tertiary/aromatic N) is 2. The summed E-state index contributed by atoms with van der Waals surface area (Å²) < 4.78 is 13.2. The number of halogens is 1. The van der Waals surface area contributed by atoms with Gasteiger partial charge in [-0.05, 0) is 24.6 Å². The van der Waals surface area contributed by atoms with Crippen LogP contribution in [0.1, 0.15) is 31.3 Å². The summed E-state index contributed by atoms with van der Waals surface area (Å²) in [5, 5.41) is 6.29. The monoisotopic (exact) mass is 274 g/mol. The third-order valence-electron chi connectivity index (χ3n) is 3.06. The van der Waals surface area contributed by atoms with Crippen LogP contribution in [-0.4, -0.2) is 17.0 Å². The van der Waals surface area contributed by atoms with Crippen LogP contribution in [0.15, 0.2) is 30.3 Å². The van der Waals surface area contributed by atoms with Gasteiger partial charge < -0.3 is 10.6 Å². The summed E-state index contributed by atoms with van der Waals surface area (Å²) in [6.07, 6.45) is 0.762. The fraction of sp³-hybridized carbons (Fsp3) is 0.333. The first-order valence-corrected chi connectivity index (χ1v) is 6.70. The van der Waals surface area contributed by atoms with Crippen LogP contribution in [0.4, 0.5) is 16.0 Å². The van der Waals surface area contributed by atoms with Crippen LogP contribution < -0.4 is 10.6 Å². The Bertz CT molecular complexity index is 564. The second kappa shape index (κ2) is 6.32. The molecular formula is C15H19FN4. The lowest BCUT2D eigenvalue weighted by atomic mass is 10.1. The zero-order valence-corrected chi connectivity index (χ0v) is 11.9. The van der Waals surface area contributed by atoms with Crippen molar-refractivity contribution in [3.05, 3.63) is 47.5 Å². The molecule has 1 aromatic carbocycles. The van der Waals surface area contributed by atoms with Crippen LogP contribution in [0.2, 0.25) is 0 Å². The molecule has 2 N–H and O–H groups in total. The van der Waals surface area contributed by atoms with E-state index >= 15 is 0 Å². The predicted octanol–water partition coefficient (Wildman–Crippen LogP) is 3.39. The Labute approximate surface area is 118 Å². The molecule has 0 aliphatic carbocycles. The van der Waals surface area contributed by atoms with Crippen molar-refractivity contribution in [2.45, 2.75) is 26.3 Å². The smallest absolute Gasteiger partial charge is 0.132 e. The largest absolute Gasteiger partial charge is 0.373 e. The van der Waals surface area contributed by atoms with Gasteiger partial charge in [0, 0.05) is 19.5 Å². The maximum atomic E-state index is 13.2. The summed E-state index contributed by atoms with van der Waals surface area (Å²) in [6, 6.07) is 8.37. The first-order chi connectivity index (χ1) is 9.62. The van der Waals surface area contributed by atoms with E-state index in [1.165, 1.54) is 12.1 Å². The molecule has 1 heterocycles. The van der Waals surface area contributed by atoms with Gasteiger partial charge in [0.15, 0.2) is 0 Å². The lowest BCUT2D eigenvalue weighted by molar-refractivity contribution is 0.623. The van der Waals surface area contributed by atoms with E-state index in [1.54, 1.807) is 6.07 Å². The average molecular weight is 274 g/mol. The van der Waals surface area contributed by atoms with Crippen molar-refractivity contribution < 1.29 is 4.39 Å². The Hall–Kier alpha value is -2.17. The SMILES string of the molecule is CCc1nc(NC)cc(NC(C)c2cccc(F)c2)n1. The van der Waals surface area contributed by atoms with Gasteiger partial charge in [-0.2, -0.15) is 0 Å². The van der Waals surface area contributed by atoms with Gasteiger partial charge in [-0.15, -0.1) is 0 Å². The highest BCUT2D eigenvalue weighted by molar-refractivity contribution is 5.48. The third kappa shape index (κ3) is 3.44. The molecular weight excluding hydrogens is 255 g/mol. The molecule has 0 bridgehead atoms. The zero-order chi connectivity index (χ0) is 14.5. The first-order valence-electron chi connectivity index (χ1n) is 6.70. The number of hydrogen-bond donors (Lipinski definition) is 2. The number of rotatable bonds is 5. The van der Waals surface area contributed by atoms with Crippen LogP contribution in [-0.2, 0) is 6.42 Å². The van der Waals surface area contributed by atoms with Crippen LogP contribution in [0.3, 0.4) is 0 Å². The molecule has 0 saturated carbocycles. The van der Waals surface area contributed by atoms with E-state index in [1.807, 2.05) is 33.0 Å². The van der Waals surface area contributed by atoms with E-state index in [0.717, 1.165) is 29.4 Å². The minimum absolute atomic E-state index is 0.0324. The Balaban J connectivity index is 2.20. The number of anilines is 2. The van der Waals surface area contributed by atoms with E-state index in [-0.39, 0.29) is 11.9 Å². The van der Waals surface area contributed by atoms with E-state index in [0.29, 0.717) is 0 Å². The summed E-state index contributed by atoms with van der Waals surface area (Å²) in [4.78, 5) is 8.77. The summed E-state index contributed by atoms with van der Waals surface area (Å²) in [5.74, 6) is 2.04. The van der Waals surface area contributed by atoms with Gasteiger partial charge in [-0.3, -0.25) is 0 Å². The number of hydrogen-bond acceptors (Lipinski definition) is 4. The fourth-order valence-electron chi connectivity index (χ4n) is 1.94. The normalized spacial score (nSPS) is 12.0. The summed E-state index contributed by atoms with van der Waals surface area (Å²) in [5.41, 5.74) is 0.882. The Kier molecular flexibility index (Phi) is 4.50. The maximum absolute atomic E-state index is 13.2. The summed E-state index contributed by atoms with van der Waals surface area (Å²) in [7, 11) is 1.82. The van der Waals surface area contributed by atoms with Crippen molar-refractivity contribution in [2.24, 2.45) is 0 Å². The second-order valence-corrected chi connectivity index (χ2v) is 4.58. The van der Waals surface area contributed by atoms with Gasteiger partial charge in [0.05, 0.1) is 6.04 Å². The van der Waals surface area contributed by atoms with Gasteiger partial charge >= 0.3 is 0 Å². The van der Waals surface area contributed by atoms with E-state index in [4.69, 9.17) is 0 Å². The molecule has 5 heteroatoms. The van der Waals surface area contributed by atoms with Crippen LogP contribution in [0.5, 0.6) is 0 Å². The molecule has 1 aromatic heterocycles. The van der Waals surface area contributed by atoms with Crippen molar-refractivity contribution >= 4 is 11.6 Å². The summed E-state index contributed by atoms with van der Waals surface area (Å²) >= 11 is 0. The zero-order valence-electron chi connectivity index (χ0n) is 11.9. The van der Waals surface area contributed by atoms with Crippen LogP contribution >= 0.6 is 0 Å². The molecule has 2 rings (SSSR count). The molecule has 4 nitrogen and oxygen atoms in total. The topological polar surface area (TPSA) is 49.8 Å². The maximum Gasteiger partial charge on any atom is 0.132 e. The highest BCUT2D eigenvalue weighted by Gasteiger charge is 2.09. The van der Waals surface area contributed by atoms with E-state index < -0.39 is 0 Å². The van der Waals surface area contributed by atoms with Crippen molar-refractivity contribution in [3.63, 3.8) is 0 Å². The number of nitrogens with one attached hydrogen (secondary N) is 2. The number of aromatic nitrogens is 2. The fourth-order valence-corrected chi connectivity index (χ4v) is 1.94. The minimum atomic E-state index is -0.232. The van der Waals surface area contributed by atoms with E-state index in [9.17, 15) is 4.39 Å². The molecule has 0 aliphatic heterocycles. The average Bonchev–Trinajstić information content (AvgIpc) is 2.46. The molecule has 0 amide bonds. The van der Waals surface area contributed by atoms with Gasteiger partial charge in [-0.1, -0.05) is 19.1 Å². The van der Waals surface area contributed by atoms with Crippen LogP contribution in [0.25, 0.3) is 0 Å². The standard InChI is InChI=1S/C15H19FN4/c1-4-13-19-14(17-3)9-15(20-13)18-10(2)11-6-5-7-12(16)8-11/h5-10H,4H2,1-3H3,(H2,17,18,19,20). The molecule has 20 heavy (non-hydrogen) atoms. The highest BCUT2D eigenvalue weighted by atomic mass is 19.1. The van der Waals surface area contributed by atoms with Crippen molar-refractivity contribution in [1.82, 2.24) is 9.97 Å². The molecule has 0 fully saturated rings. The predicted molar refractivity (Wildman–Crippen MR) is 79.4 cm³/mol. The lowest BCUT2D eigenvalue weighted by Crippen LogP contribution is -2.10. The molecule has 106 valence electrons. The van der Waals surface area contributed by atoms with Crippen molar-refractivity contribution in [3.8, 4) is 0 Å². The molecule has 0 saturated heterocycles. The Morgan fingerprint density at radius 2 is 1.95 bits per heavy atom. The molecule has 0 radical (unpaired) electrons. The van der Waals surface area contributed by atoms with Crippen molar-refractivity contribution in [2.75, 3.05) is 17.7 Å². The second-order valence-electron chi connectivity index (χ2n) is 4.58. The Morgan fingerprint density at radius 1 is 1.20 bits per heavy atom. The van der Waals surface area contributed by atoms with Gasteiger partial charge in [0.1, 0.15) is 23.3 Å². The third-order valence-corrected chi connectivity index (χ3v) is 3.06. The van der Waals surface area contributed by atoms with Gasteiger partial charge in [0.2, 0.25) is 0 Å². The molecule has 2 aromatic rings. The van der Waals surface area contributed by atoms with Gasteiger partial charge in [-0.25, -0.2) is 14.4 Å². The minimum Gasteiger partial charge on any atom is -0.373 e. The summed E-state index contributed by atoms with van der Waals surface area (Å²) in [6.45, 7) is 3.98. The first kappa shape index (κ1) is 14.2. The van der Waals surface area contributed by atoms with Crippen LogP contribution in [0, 0.1) is 5.82 Å². The van der Waals surface area contributed by atoms with Gasteiger partial charge in [0.25, 0.3) is 0 Å². The molecule has 1 atom stereocenters. The molecule has 0 aliphatic rings. The quantitative estimate of drug-likeness (QED) is 0.877. The Morgan fingerprint density at radius 3 is 2.60 bits per heavy atom.